The van der Waals surface area contributed by atoms with Crippen LogP contribution in [0.4, 0.5) is 0 Å². The number of carboxylic acids is 1. The maximum Gasteiger partial charge on any atom is 0.328 e. The minimum absolute atomic E-state index is 0.0906. The minimum Gasteiger partial charge on any atom is -0.480 e. The molecule has 34 heavy (non-hydrogen) atoms. The molecule has 8 nitrogen and oxygen atoms in total. The van der Waals surface area contributed by atoms with Crippen molar-refractivity contribution in [3.63, 3.8) is 0 Å². The number of amides is 1. The zero-order valence-corrected chi connectivity index (χ0v) is 20.0. The van der Waals surface area contributed by atoms with E-state index in [0.717, 1.165) is 50.7 Å². The van der Waals surface area contributed by atoms with Crippen molar-refractivity contribution < 1.29 is 29.7 Å². The fourth-order valence-electron chi connectivity index (χ4n) is 7.49. The van der Waals surface area contributed by atoms with Gasteiger partial charge in [-0.15, -0.1) is 6.42 Å². The summed E-state index contributed by atoms with van der Waals surface area (Å²) in [5.74, 6) is 2.37. The van der Waals surface area contributed by atoms with Gasteiger partial charge in [-0.1, -0.05) is 30.5 Å². The number of aliphatic carboxylic acids is 1. The summed E-state index contributed by atoms with van der Waals surface area (Å²) in [5, 5.41) is 35.4. The molecule has 186 valence electrons. The van der Waals surface area contributed by atoms with Crippen LogP contribution in [-0.4, -0.2) is 57.8 Å². The molecule has 0 saturated heterocycles. The second kappa shape index (κ2) is 9.01. The Morgan fingerprint density at radius 3 is 2.65 bits per heavy atom. The summed E-state index contributed by atoms with van der Waals surface area (Å²) in [6.07, 6.45) is 15.4. The first-order valence-electron chi connectivity index (χ1n) is 12.3. The number of aliphatic hydroxyl groups excluding tert-OH is 1. The van der Waals surface area contributed by atoms with E-state index in [4.69, 9.17) is 21.5 Å². The largest absolute Gasteiger partial charge is 0.480 e. The van der Waals surface area contributed by atoms with Gasteiger partial charge in [0.2, 0.25) is 0 Å². The molecule has 3 saturated carbocycles. The number of nitrogens with one attached hydrogen (secondary N) is 1. The van der Waals surface area contributed by atoms with E-state index in [0.29, 0.717) is 24.2 Å². The van der Waals surface area contributed by atoms with Gasteiger partial charge in [0.25, 0.3) is 5.91 Å². The van der Waals surface area contributed by atoms with Crippen LogP contribution in [0.3, 0.4) is 0 Å². The van der Waals surface area contributed by atoms with Gasteiger partial charge in [0.05, 0.1) is 12.3 Å². The molecule has 7 atom stereocenters. The average Bonchev–Trinajstić information content (AvgIpc) is 3.08. The summed E-state index contributed by atoms with van der Waals surface area (Å²) in [6, 6.07) is -1.36. The van der Waals surface area contributed by atoms with Crippen LogP contribution in [0.15, 0.2) is 16.8 Å². The Bertz CT molecular complexity index is 953. The first-order valence-corrected chi connectivity index (χ1v) is 12.3. The van der Waals surface area contributed by atoms with Gasteiger partial charge in [-0.2, -0.15) is 0 Å². The first-order chi connectivity index (χ1) is 16.1. The second-order valence-corrected chi connectivity index (χ2v) is 11.0. The Labute approximate surface area is 200 Å². The molecule has 4 rings (SSSR count). The van der Waals surface area contributed by atoms with Crippen molar-refractivity contribution in [3.05, 3.63) is 11.6 Å². The summed E-state index contributed by atoms with van der Waals surface area (Å²) < 4.78 is 0. The van der Waals surface area contributed by atoms with Gasteiger partial charge in [0.15, 0.2) is 6.61 Å². The van der Waals surface area contributed by atoms with Crippen molar-refractivity contribution in [2.45, 2.75) is 76.9 Å². The smallest absolute Gasteiger partial charge is 0.328 e. The highest BCUT2D eigenvalue weighted by atomic mass is 16.6. The van der Waals surface area contributed by atoms with Gasteiger partial charge < -0.3 is 25.5 Å². The summed E-state index contributed by atoms with van der Waals surface area (Å²) in [5.41, 5.74) is 1.07. The molecule has 0 aliphatic heterocycles. The van der Waals surface area contributed by atoms with Crippen LogP contribution in [-0.2, 0) is 14.4 Å². The summed E-state index contributed by atoms with van der Waals surface area (Å²) >= 11 is 0. The predicted molar refractivity (Wildman–Crippen MR) is 126 cm³/mol. The Kier molecular flexibility index (Phi) is 6.56. The van der Waals surface area contributed by atoms with E-state index >= 15 is 0 Å². The number of hydrogen-bond donors (Lipinski definition) is 4. The zero-order valence-electron chi connectivity index (χ0n) is 20.0. The van der Waals surface area contributed by atoms with Crippen molar-refractivity contribution in [2.24, 2.45) is 33.7 Å². The molecule has 0 spiro atoms. The molecule has 0 heterocycles. The first kappa shape index (κ1) is 24.7. The van der Waals surface area contributed by atoms with Gasteiger partial charge in [0.1, 0.15) is 11.6 Å². The molecule has 3 fully saturated rings. The summed E-state index contributed by atoms with van der Waals surface area (Å²) in [4.78, 5) is 28.0. The molecule has 8 heteroatoms. The molecule has 0 aromatic carbocycles. The van der Waals surface area contributed by atoms with Crippen LogP contribution in [0.5, 0.6) is 0 Å². The fraction of sp³-hybridized carbons (Fsp3) is 0.731. The lowest BCUT2D eigenvalue weighted by Gasteiger charge is -2.58. The number of oxime groups is 1. The molecular formula is C26H36N2O6. The van der Waals surface area contributed by atoms with E-state index in [1.165, 1.54) is 5.57 Å². The third kappa shape index (κ3) is 3.93. The second-order valence-electron chi connectivity index (χ2n) is 11.0. The molecule has 0 aromatic rings. The minimum atomic E-state index is -1.36. The van der Waals surface area contributed by atoms with Crippen LogP contribution in [0.1, 0.15) is 65.2 Å². The fourth-order valence-corrected chi connectivity index (χ4v) is 7.49. The Balaban J connectivity index is 1.42. The highest BCUT2D eigenvalue weighted by Gasteiger charge is 2.63. The number of aliphatic hydroxyl groups is 2. The Morgan fingerprint density at radius 1 is 1.24 bits per heavy atom. The van der Waals surface area contributed by atoms with E-state index in [9.17, 15) is 14.7 Å². The van der Waals surface area contributed by atoms with Crippen molar-refractivity contribution in [1.82, 2.24) is 5.32 Å². The predicted octanol–water partition coefficient (Wildman–Crippen LogP) is 2.25. The number of allylic oxidation sites excluding steroid dienone is 2. The summed E-state index contributed by atoms with van der Waals surface area (Å²) in [6.45, 7) is 3.47. The number of carbonyl (C=O) groups is 2. The lowest BCUT2D eigenvalue weighted by molar-refractivity contribution is -0.143. The van der Waals surface area contributed by atoms with Crippen LogP contribution >= 0.6 is 0 Å². The topological polar surface area (TPSA) is 128 Å². The van der Waals surface area contributed by atoms with Crippen molar-refractivity contribution in [3.8, 4) is 12.3 Å². The SMILES string of the molecule is C#C[C@@]1(O)CC[C@H]2[C@@H]3CCC4=C/C(=N/OCC(=O)N[C@@H](CO)C(=O)O)CC[C@]4(C)[C@H]3CC[C@@]21C. The van der Waals surface area contributed by atoms with Gasteiger partial charge >= 0.3 is 5.97 Å². The number of carboxylic acid groups (broad SMARTS) is 1. The lowest BCUT2D eigenvalue weighted by atomic mass is 9.46. The molecule has 0 aromatic heterocycles. The van der Waals surface area contributed by atoms with Crippen LogP contribution in [0.25, 0.3) is 0 Å². The van der Waals surface area contributed by atoms with Gasteiger partial charge in [-0.05, 0) is 80.6 Å². The van der Waals surface area contributed by atoms with Crippen molar-refractivity contribution in [2.75, 3.05) is 13.2 Å². The normalized spacial score (nSPS) is 40.7. The Hall–Kier alpha value is -2.37. The monoisotopic (exact) mass is 472 g/mol. The zero-order chi connectivity index (χ0) is 24.7. The van der Waals surface area contributed by atoms with E-state index in [2.05, 4.69) is 36.3 Å². The molecule has 4 aliphatic carbocycles. The highest BCUT2D eigenvalue weighted by Crippen LogP contribution is 2.67. The molecule has 4 aliphatic rings. The van der Waals surface area contributed by atoms with Gasteiger partial charge in [-0.25, -0.2) is 4.79 Å². The van der Waals surface area contributed by atoms with Gasteiger partial charge in [-0.3, -0.25) is 4.79 Å². The number of carbonyl (C=O) groups excluding carboxylic acids is 1. The third-order valence-corrected chi connectivity index (χ3v) is 9.56. The number of nitrogens with zero attached hydrogens (tertiary/aromatic N) is 1. The average molecular weight is 473 g/mol. The number of terminal acetylenes is 1. The van der Waals surface area contributed by atoms with Crippen LogP contribution in [0, 0.1) is 40.9 Å². The van der Waals surface area contributed by atoms with E-state index in [1.807, 2.05) is 0 Å². The van der Waals surface area contributed by atoms with E-state index in [1.54, 1.807) is 0 Å². The molecule has 4 N–H and O–H groups in total. The standard InChI is InChI=1S/C26H36N2O6/c1-4-26(33)12-9-20-18-6-5-16-13-17(28-34-15-22(30)27-21(14-29)23(31)32)7-10-24(16,2)19(18)8-11-25(20,26)3/h1,13,18-21,29,33H,5-12,14-15H2,2-3H3,(H,27,30)(H,31,32)/b28-17+/t18-,19+,20+,21+,24+,25+,26-/m1/s1. The maximum absolute atomic E-state index is 11.9. The van der Waals surface area contributed by atoms with Crippen molar-refractivity contribution in [1.29, 1.82) is 0 Å². The van der Waals surface area contributed by atoms with Gasteiger partial charge in [0, 0.05) is 5.41 Å². The number of rotatable bonds is 6. The summed E-state index contributed by atoms with van der Waals surface area (Å²) in [7, 11) is 0. The molecule has 0 unspecified atom stereocenters. The maximum atomic E-state index is 11.9. The number of fused-ring (bicyclic) bond motifs is 5. The highest BCUT2D eigenvalue weighted by molar-refractivity contribution is 5.96. The van der Waals surface area contributed by atoms with Crippen molar-refractivity contribution >= 4 is 17.6 Å². The third-order valence-electron chi connectivity index (χ3n) is 9.56. The molecular weight excluding hydrogens is 436 g/mol. The van der Waals surface area contributed by atoms with Crippen LogP contribution in [0.2, 0.25) is 0 Å². The molecule has 0 bridgehead atoms. The quantitative estimate of drug-likeness (QED) is 0.347. The molecule has 0 radical (unpaired) electrons. The van der Waals surface area contributed by atoms with E-state index < -0.39 is 36.7 Å². The Morgan fingerprint density at radius 2 is 1.97 bits per heavy atom. The lowest BCUT2D eigenvalue weighted by Crippen LogP contribution is -2.54. The molecule has 1 amide bonds. The van der Waals surface area contributed by atoms with Crippen LogP contribution < -0.4 is 5.32 Å². The number of hydrogen-bond acceptors (Lipinski definition) is 6. The van der Waals surface area contributed by atoms with E-state index in [-0.39, 0.29) is 10.8 Å².